The fraction of sp³-hybridized carbons (Fsp3) is 0.0833. The molecule has 0 aliphatic heterocycles. The standard InChI is InChI=1S/C12H8ClF2NO/c13-11-6-1-3-8(16-11)7-17-10-5-2-4-9(14)12(10)15/h1-6H,7H2. The van der Waals surface area contributed by atoms with E-state index in [0.29, 0.717) is 10.8 Å². The summed E-state index contributed by atoms with van der Waals surface area (Å²) in [4.78, 5) is 3.96. The quantitative estimate of drug-likeness (QED) is 0.782. The zero-order valence-corrected chi connectivity index (χ0v) is 9.42. The number of rotatable bonds is 3. The molecule has 0 fully saturated rings. The number of aromatic nitrogens is 1. The van der Waals surface area contributed by atoms with Crippen molar-refractivity contribution in [3.63, 3.8) is 0 Å². The van der Waals surface area contributed by atoms with Gasteiger partial charge in [0, 0.05) is 0 Å². The summed E-state index contributed by atoms with van der Waals surface area (Å²) in [5.74, 6) is -2.09. The van der Waals surface area contributed by atoms with Crippen molar-refractivity contribution in [1.29, 1.82) is 0 Å². The van der Waals surface area contributed by atoms with Crippen molar-refractivity contribution in [3.05, 3.63) is 58.9 Å². The zero-order chi connectivity index (χ0) is 12.3. The maximum absolute atomic E-state index is 13.2. The van der Waals surface area contributed by atoms with Crippen molar-refractivity contribution >= 4 is 11.6 Å². The molecule has 0 saturated heterocycles. The van der Waals surface area contributed by atoms with Crippen LogP contribution in [0.1, 0.15) is 5.69 Å². The van der Waals surface area contributed by atoms with E-state index in [1.807, 2.05) is 0 Å². The van der Waals surface area contributed by atoms with Crippen LogP contribution in [0.4, 0.5) is 8.78 Å². The lowest BCUT2D eigenvalue weighted by molar-refractivity contribution is 0.280. The first-order chi connectivity index (χ1) is 8.16. The van der Waals surface area contributed by atoms with Gasteiger partial charge in [0.05, 0.1) is 5.69 Å². The normalized spacial score (nSPS) is 10.3. The average molecular weight is 256 g/mol. The van der Waals surface area contributed by atoms with Crippen LogP contribution < -0.4 is 4.74 Å². The van der Waals surface area contributed by atoms with Crippen LogP contribution in [0.25, 0.3) is 0 Å². The predicted molar refractivity (Wildman–Crippen MR) is 59.9 cm³/mol. The van der Waals surface area contributed by atoms with E-state index in [1.165, 1.54) is 12.1 Å². The third-order valence-electron chi connectivity index (χ3n) is 2.06. The minimum absolute atomic E-state index is 0.0287. The van der Waals surface area contributed by atoms with Crippen LogP contribution in [0.2, 0.25) is 5.15 Å². The Morgan fingerprint density at radius 3 is 2.65 bits per heavy atom. The van der Waals surface area contributed by atoms with Gasteiger partial charge in [-0.2, -0.15) is 4.39 Å². The van der Waals surface area contributed by atoms with E-state index in [4.69, 9.17) is 16.3 Å². The van der Waals surface area contributed by atoms with Crippen LogP contribution in [0.15, 0.2) is 36.4 Å². The largest absolute Gasteiger partial charge is 0.484 e. The molecule has 0 radical (unpaired) electrons. The predicted octanol–water partition coefficient (Wildman–Crippen LogP) is 3.59. The maximum atomic E-state index is 13.2. The molecule has 5 heteroatoms. The van der Waals surface area contributed by atoms with Gasteiger partial charge in [0.25, 0.3) is 0 Å². The van der Waals surface area contributed by atoms with Gasteiger partial charge in [0.2, 0.25) is 5.82 Å². The highest BCUT2D eigenvalue weighted by Gasteiger charge is 2.08. The molecule has 2 rings (SSSR count). The van der Waals surface area contributed by atoms with Crippen molar-refractivity contribution in [2.24, 2.45) is 0 Å². The molecule has 0 unspecified atom stereocenters. The fourth-order valence-corrected chi connectivity index (χ4v) is 1.46. The third kappa shape index (κ3) is 2.91. The van der Waals surface area contributed by atoms with Crippen LogP contribution in [-0.4, -0.2) is 4.98 Å². The monoisotopic (exact) mass is 255 g/mol. The molecule has 88 valence electrons. The number of hydrogen-bond acceptors (Lipinski definition) is 2. The summed E-state index contributed by atoms with van der Waals surface area (Å²) < 4.78 is 31.2. The van der Waals surface area contributed by atoms with Crippen molar-refractivity contribution in [2.75, 3.05) is 0 Å². The average Bonchev–Trinajstić information content (AvgIpc) is 2.31. The van der Waals surface area contributed by atoms with Crippen LogP contribution in [0.5, 0.6) is 5.75 Å². The molecule has 0 aliphatic carbocycles. The smallest absolute Gasteiger partial charge is 0.200 e. The van der Waals surface area contributed by atoms with Crippen molar-refractivity contribution in [3.8, 4) is 5.75 Å². The number of nitrogens with zero attached hydrogens (tertiary/aromatic N) is 1. The van der Waals surface area contributed by atoms with Gasteiger partial charge in [-0.05, 0) is 24.3 Å². The molecule has 0 atom stereocenters. The molecule has 0 aliphatic rings. The van der Waals surface area contributed by atoms with Crippen molar-refractivity contribution in [1.82, 2.24) is 4.98 Å². The summed E-state index contributed by atoms with van der Waals surface area (Å²) in [5.41, 5.74) is 0.543. The second kappa shape index (κ2) is 5.10. The molecule has 0 spiro atoms. The first kappa shape index (κ1) is 11.8. The van der Waals surface area contributed by atoms with Gasteiger partial charge in [0.15, 0.2) is 11.6 Å². The van der Waals surface area contributed by atoms with Gasteiger partial charge >= 0.3 is 0 Å². The molecular weight excluding hydrogens is 248 g/mol. The van der Waals surface area contributed by atoms with E-state index in [0.717, 1.165) is 6.07 Å². The van der Waals surface area contributed by atoms with Crippen LogP contribution in [0.3, 0.4) is 0 Å². The Morgan fingerprint density at radius 1 is 1.12 bits per heavy atom. The van der Waals surface area contributed by atoms with Crippen molar-refractivity contribution < 1.29 is 13.5 Å². The Hall–Kier alpha value is -1.68. The molecule has 1 aromatic heterocycles. The second-order valence-electron chi connectivity index (χ2n) is 3.29. The highest BCUT2D eigenvalue weighted by Crippen LogP contribution is 2.20. The molecule has 0 N–H and O–H groups in total. The number of benzene rings is 1. The summed E-state index contributed by atoms with van der Waals surface area (Å²) in [6.45, 7) is 0.0287. The van der Waals surface area contributed by atoms with E-state index in [-0.39, 0.29) is 12.4 Å². The molecule has 0 bridgehead atoms. The van der Waals surface area contributed by atoms with E-state index >= 15 is 0 Å². The second-order valence-corrected chi connectivity index (χ2v) is 3.68. The highest BCUT2D eigenvalue weighted by molar-refractivity contribution is 6.29. The van der Waals surface area contributed by atoms with Gasteiger partial charge in [-0.3, -0.25) is 0 Å². The van der Waals surface area contributed by atoms with Gasteiger partial charge in [0.1, 0.15) is 11.8 Å². The SMILES string of the molecule is Fc1cccc(OCc2cccc(Cl)n2)c1F. The molecule has 2 nitrogen and oxygen atoms in total. The zero-order valence-electron chi connectivity index (χ0n) is 8.66. The molecule has 17 heavy (non-hydrogen) atoms. The summed E-state index contributed by atoms with van der Waals surface area (Å²) in [7, 11) is 0. The van der Waals surface area contributed by atoms with Gasteiger partial charge in [-0.15, -0.1) is 0 Å². The summed E-state index contributed by atoms with van der Waals surface area (Å²) >= 11 is 5.68. The van der Waals surface area contributed by atoms with Crippen molar-refractivity contribution in [2.45, 2.75) is 6.61 Å². The minimum atomic E-state index is -1.01. The summed E-state index contributed by atoms with van der Waals surface area (Å²) in [6, 6.07) is 8.76. The summed E-state index contributed by atoms with van der Waals surface area (Å²) in [6.07, 6.45) is 0. The van der Waals surface area contributed by atoms with Gasteiger partial charge in [-0.25, -0.2) is 9.37 Å². The Morgan fingerprint density at radius 2 is 1.88 bits per heavy atom. The third-order valence-corrected chi connectivity index (χ3v) is 2.28. The molecule has 1 aromatic carbocycles. The fourth-order valence-electron chi connectivity index (χ4n) is 1.28. The number of halogens is 3. The maximum Gasteiger partial charge on any atom is 0.200 e. The molecule has 0 saturated carbocycles. The first-order valence-electron chi connectivity index (χ1n) is 4.85. The van der Waals surface area contributed by atoms with E-state index in [1.54, 1.807) is 18.2 Å². The molecule has 1 heterocycles. The van der Waals surface area contributed by atoms with E-state index in [2.05, 4.69) is 4.98 Å². The lowest BCUT2D eigenvalue weighted by atomic mass is 10.3. The summed E-state index contributed by atoms with van der Waals surface area (Å²) in [5, 5.41) is 0.325. The highest BCUT2D eigenvalue weighted by atomic mass is 35.5. The Labute approximate surface area is 102 Å². The van der Waals surface area contributed by atoms with Crippen LogP contribution in [-0.2, 0) is 6.61 Å². The Kier molecular flexibility index (Phi) is 3.54. The number of hydrogen-bond donors (Lipinski definition) is 0. The lowest BCUT2D eigenvalue weighted by Gasteiger charge is -2.07. The Bertz CT molecular complexity index is 534. The minimum Gasteiger partial charge on any atom is -0.484 e. The molecule has 2 aromatic rings. The van der Waals surface area contributed by atoms with Gasteiger partial charge < -0.3 is 4.74 Å². The van der Waals surface area contributed by atoms with Crippen LogP contribution >= 0.6 is 11.6 Å². The lowest BCUT2D eigenvalue weighted by Crippen LogP contribution is -2.00. The van der Waals surface area contributed by atoms with E-state index < -0.39 is 11.6 Å². The molecular formula is C12H8ClF2NO. The van der Waals surface area contributed by atoms with Gasteiger partial charge in [-0.1, -0.05) is 23.7 Å². The van der Waals surface area contributed by atoms with E-state index in [9.17, 15) is 8.78 Å². The van der Waals surface area contributed by atoms with Crippen LogP contribution in [0, 0.1) is 11.6 Å². The Balaban J connectivity index is 2.10. The topological polar surface area (TPSA) is 22.1 Å². The number of ether oxygens (including phenoxy) is 1. The number of pyridine rings is 1. The first-order valence-corrected chi connectivity index (χ1v) is 5.23. The molecule has 0 amide bonds.